The summed E-state index contributed by atoms with van der Waals surface area (Å²) in [6.45, 7) is 8.54. The number of hydrogen-bond donors (Lipinski definition) is 2. The Kier molecular flexibility index (Phi) is 8.55. The molecule has 1 amide bonds. The van der Waals surface area contributed by atoms with E-state index in [0.29, 0.717) is 19.3 Å². The van der Waals surface area contributed by atoms with Gasteiger partial charge in [-0.05, 0) is 55.3 Å². The average Bonchev–Trinajstić information content (AvgIpc) is 2.93. The Bertz CT molecular complexity index is 974. The number of nitrogens with zero attached hydrogens (tertiary/aromatic N) is 2. The van der Waals surface area contributed by atoms with Gasteiger partial charge in [0.05, 0.1) is 25.2 Å². The fourth-order valence-corrected chi connectivity index (χ4v) is 4.99. The number of rotatable bonds is 9. The molecule has 2 aromatic carbocycles. The molecule has 0 radical (unpaired) electrons. The van der Waals surface area contributed by atoms with Crippen LogP contribution in [-0.2, 0) is 22.4 Å². The molecule has 7 heteroatoms. The van der Waals surface area contributed by atoms with Gasteiger partial charge in [0.25, 0.3) is 0 Å². The molecule has 7 nitrogen and oxygen atoms in total. The fourth-order valence-electron chi connectivity index (χ4n) is 4.99. The highest BCUT2D eigenvalue weighted by Gasteiger charge is 2.35. The molecule has 2 aromatic rings. The largest absolute Gasteiger partial charge is 0.378 e. The molecule has 0 spiro atoms. The Morgan fingerprint density at radius 2 is 1.57 bits per heavy atom. The van der Waals surface area contributed by atoms with Crippen molar-refractivity contribution in [3.63, 3.8) is 0 Å². The number of Topliss-reactive ketones (excluding diaryl/α,β-unsaturated/α-hetero) is 1. The summed E-state index contributed by atoms with van der Waals surface area (Å²) >= 11 is 0. The summed E-state index contributed by atoms with van der Waals surface area (Å²) in [5, 5.41) is 6.61. The Morgan fingerprint density at radius 3 is 2.17 bits per heavy atom. The second kappa shape index (κ2) is 11.8. The van der Waals surface area contributed by atoms with Crippen molar-refractivity contribution in [3.05, 3.63) is 65.2 Å². The molecule has 35 heavy (non-hydrogen) atoms. The second-order valence-corrected chi connectivity index (χ2v) is 9.46. The van der Waals surface area contributed by atoms with Gasteiger partial charge in [0, 0.05) is 50.5 Å². The molecule has 2 fully saturated rings. The summed E-state index contributed by atoms with van der Waals surface area (Å²) in [6, 6.07) is 16.1. The van der Waals surface area contributed by atoms with Gasteiger partial charge in [-0.25, -0.2) is 0 Å². The van der Waals surface area contributed by atoms with Crippen LogP contribution >= 0.6 is 0 Å². The minimum atomic E-state index is -0.682. The lowest BCUT2D eigenvalue weighted by Crippen LogP contribution is -2.51. The SMILES string of the molecule is CCC(Cc1ccc(CC(=O)N2CCNCC2)cc1)(NC)C(=O)c1ccc(N2CCOCC2)cc1. The maximum absolute atomic E-state index is 13.7. The third-order valence-corrected chi connectivity index (χ3v) is 7.38. The highest BCUT2D eigenvalue weighted by atomic mass is 16.5. The third kappa shape index (κ3) is 6.10. The van der Waals surface area contributed by atoms with Crippen molar-refractivity contribution in [1.29, 1.82) is 0 Å². The van der Waals surface area contributed by atoms with Crippen molar-refractivity contribution in [3.8, 4) is 0 Å². The van der Waals surface area contributed by atoms with E-state index in [1.54, 1.807) is 0 Å². The van der Waals surface area contributed by atoms with Gasteiger partial charge >= 0.3 is 0 Å². The van der Waals surface area contributed by atoms with E-state index in [9.17, 15) is 9.59 Å². The quantitative estimate of drug-likeness (QED) is 0.539. The molecule has 2 heterocycles. The Hall–Kier alpha value is -2.74. The van der Waals surface area contributed by atoms with Crippen molar-refractivity contribution in [2.75, 3.05) is 64.4 Å². The van der Waals surface area contributed by atoms with Crippen LogP contribution in [0.3, 0.4) is 0 Å². The van der Waals surface area contributed by atoms with Crippen LogP contribution in [0.2, 0.25) is 0 Å². The molecule has 2 aliphatic rings. The zero-order valence-electron chi connectivity index (χ0n) is 21.0. The van der Waals surface area contributed by atoms with Crippen LogP contribution < -0.4 is 15.5 Å². The second-order valence-electron chi connectivity index (χ2n) is 9.46. The van der Waals surface area contributed by atoms with E-state index in [4.69, 9.17) is 4.74 Å². The van der Waals surface area contributed by atoms with Gasteiger partial charge in [-0.3, -0.25) is 9.59 Å². The van der Waals surface area contributed by atoms with Gasteiger partial charge in [0.15, 0.2) is 5.78 Å². The van der Waals surface area contributed by atoms with Gasteiger partial charge in [-0.15, -0.1) is 0 Å². The zero-order valence-corrected chi connectivity index (χ0v) is 21.0. The molecular weight excluding hydrogens is 440 g/mol. The lowest BCUT2D eigenvalue weighted by molar-refractivity contribution is -0.131. The number of ketones is 1. The maximum atomic E-state index is 13.7. The molecule has 188 valence electrons. The summed E-state index contributed by atoms with van der Waals surface area (Å²) < 4.78 is 5.44. The number of likely N-dealkylation sites (N-methyl/N-ethyl adjacent to an activating group) is 1. The molecule has 4 rings (SSSR count). The smallest absolute Gasteiger partial charge is 0.227 e. The average molecular weight is 479 g/mol. The van der Waals surface area contributed by atoms with Gasteiger partial charge < -0.3 is 25.2 Å². The Labute approximate surface area is 208 Å². The first-order chi connectivity index (χ1) is 17.0. The standard InChI is InChI=1S/C28H38N4O3/c1-3-28(29-2,27(34)24-8-10-25(11-9-24)31-16-18-35-19-17-31)21-23-6-4-22(5-7-23)20-26(33)32-14-12-30-13-15-32/h4-11,29-30H,3,12-21H2,1-2H3. The molecule has 2 aliphatic heterocycles. The molecule has 0 saturated carbocycles. The summed E-state index contributed by atoms with van der Waals surface area (Å²) in [5.41, 5.74) is 3.25. The summed E-state index contributed by atoms with van der Waals surface area (Å²) in [6.07, 6.45) is 1.69. The van der Waals surface area contributed by atoms with Crippen LogP contribution in [0.5, 0.6) is 0 Å². The van der Waals surface area contributed by atoms with Crippen LogP contribution in [0.4, 0.5) is 5.69 Å². The topological polar surface area (TPSA) is 73.9 Å². The van der Waals surface area contributed by atoms with E-state index in [0.717, 1.165) is 74.9 Å². The Balaban J connectivity index is 1.42. The summed E-state index contributed by atoms with van der Waals surface area (Å²) in [5.74, 6) is 0.280. The van der Waals surface area contributed by atoms with E-state index >= 15 is 0 Å². The number of benzene rings is 2. The molecular formula is C28H38N4O3. The Morgan fingerprint density at radius 1 is 0.943 bits per heavy atom. The number of hydrogen-bond acceptors (Lipinski definition) is 6. The van der Waals surface area contributed by atoms with E-state index < -0.39 is 5.54 Å². The number of piperazine rings is 1. The van der Waals surface area contributed by atoms with Crippen molar-refractivity contribution < 1.29 is 14.3 Å². The monoisotopic (exact) mass is 478 g/mol. The normalized spacial score (nSPS) is 18.2. The number of ether oxygens (including phenoxy) is 1. The van der Waals surface area contributed by atoms with E-state index in [1.165, 1.54) is 0 Å². The van der Waals surface area contributed by atoms with E-state index in [1.807, 2.05) is 48.3 Å². The highest BCUT2D eigenvalue weighted by molar-refractivity contribution is 6.03. The first-order valence-corrected chi connectivity index (χ1v) is 12.8. The van der Waals surface area contributed by atoms with Crippen LogP contribution in [-0.4, -0.2) is 81.7 Å². The van der Waals surface area contributed by atoms with Crippen molar-refractivity contribution in [2.45, 2.75) is 31.7 Å². The predicted molar refractivity (Wildman–Crippen MR) is 139 cm³/mol. The van der Waals surface area contributed by atoms with Crippen LogP contribution in [0.15, 0.2) is 48.5 Å². The maximum Gasteiger partial charge on any atom is 0.227 e. The van der Waals surface area contributed by atoms with Crippen LogP contribution in [0.25, 0.3) is 0 Å². The zero-order chi connectivity index (χ0) is 24.7. The molecule has 1 unspecified atom stereocenters. The van der Waals surface area contributed by atoms with Crippen molar-refractivity contribution in [2.24, 2.45) is 0 Å². The minimum absolute atomic E-state index is 0.106. The number of amides is 1. The first-order valence-electron chi connectivity index (χ1n) is 12.8. The van der Waals surface area contributed by atoms with Gasteiger partial charge in [0.2, 0.25) is 5.91 Å². The molecule has 0 bridgehead atoms. The molecule has 2 N–H and O–H groups in total. The highest BCUT2D eigenvalue weighted by Crippen LogP contribution is 2.25. The van der Waals surface area contributed by atoms with Gasteiger partial charge in [-0.1, -0.05) is 31.2 Å². The van der Waals surface area contributed by atoms with Crippen molar-refractivity contribution >= 4 is 17.4 Å². The fraction of sp³-hybridized carbons (Fsp3) is 0.500. The molecule has 2 saturated heterocycles. The number of carbonyl (C=O) groups excluding carboxylic acids is 2. The van der Waals surface area contributed by atoms with Gasteiger partial charge in [0.1, 0.15) is 0 Å². The van der Waals surface area contributed by atoms with E-state index in [-0.39, 0.29) is 11.7 Å². The van der Waals surface area contributed by atoms with Crippen molar-refractivity contribution in [1.82, 2.24) is 15.5 Å². The number of carbonyl (C=O) groups is 2. The minimum Gasteiger partial charge on any atom is -0.378 e. The lowest BCUT2D eigenvalue weighted by Gasteiger charge is -2.32. The van der Waals surface area contributed by atoms with Crippen LogP contribution in [0.1, 0.15) is 34.8 Å². The van der Waals surface area contributed by atoms with Crippen LogP contribution in [0, 0.1) is 0 Å². The van der Waals surface area contributed by atoms with E-state index in [2.05, 4.69) is 34.6 Å². The first kappa shape index (κ1) is 25.4. The third-order valence-electron chi connectivity index (χ3n) is 7.38. The molecule has 1 atom stereocenters. The molecule has 0 aliphatic carbocycles. The number of anilines is 1. The van der Waals surface area contributed by atoms with Gasteiger partial charge in [-0.2, -0.15) is 0 Å². The number of nitrogens with one attached hydrogen (secondary N) is 2. The lowest BCUT2D eigenvalue weighted by atomic mass is 9.81. The summed E-state index contributed by atoms with van der Waals surface area (Å²) in [4.78, 5) is 30.5. The predicted octanol–water partition coefficient (Wildman–Crippen LogP) is 2.29. The number of morpholine rings is 1. The molecule has 0 aromatic heterocycles. The summed E-state index contributed by atoms with van der Waals surface area (Å²) in [7, 11) is 1.87.